The molecule has 0 radical (unpaired) electrons. The summed E-state index contributed by atoms with van der Waals surface area (Å²) in [6.45, 7) is 8.68. The predicted molar refractivity (Wildman–Crippen MR) is 88.1 cm³/mol. The lowest BCUT2D eigenvalue weighted by atomic mass is 9.52. The minimum Gasteiger partial charge on any atom is -0.393 e. The number of hydrogen-bond acceptors (Lipinski definition) is 2. The number of fused-ring (bicyclic) bond motifs is 1. The van der Waals surface area contributed by atoms with E-state index in [-0.39, 0.29) is 6.10 Å². The van der Waals surface area contributed by atoms with Gasteiger partial charge in [-0.3, -0.25) is 0 Å². The van der Waals surface area contributed by atoms with E-state index in [0.717, 1.165) is 25.2 Å². The molecule has 0 spiro atoms. The molecule has 2 aliphatic rings. The molecule has 0 bridgehead atoms. The average molecular weight is 296 g/mol. The Hall–Kier alpha value is -0.0800. The summed E-state index contributed by atoms with van der Waals surface area (Å²) >= 11 is 0. The van der Waals surface area contributed by atoms with Gasteiger partial charge in [-0.1, -0.05) is 39.5 Å². The zero-order valence-electron chi connectivity index (χ0n) is 14.6. The third kappa shape index (κ3) is 4.01. The molecule has 0 heterocycles. The van der Waals surface area contributed by atoms with Gasteiger partial charge in [0.15, 0.2) is 0 Å². The number of hydrogen-bond donors (Lipinski definition) is 2. The third-order valence-electron chi connectivity index (χ3n) is 6.54. The molecular formula is C19H36O2. The first-order valence-electron chi connectivity index (χ1n) is 9.14. The molecule has 0 amide bonds. The third-order valence-corrected chi connectivity index (χ3v) is 6.54. The molecule has 0 unspecified atom stereocenters. The van der Waals surface area contributed by atoms with Crippen LogP contribution >= 0.6 is 0 Å². The Morgan fingerprint density at radius 2 is 1.90 bits per heavy atom. The molecular weight excluding hydrogens is 260 g/mol. The minimum absolute atomic E-state index is 0.0601. The zero-order chi connectivity index (χ0) is 15.7. The maximum absolute atomic E-state index is 10.4. The smallest absolute Gasteiger partial charge is 0.0591 e. The van der Waals surface area contributed by atoms with Crippen molar-refractivity contribution >= 4 is 0 Å². The number of aliphatic hydroxyl groups is 2. The molecule has 5 atom stereocenters. The molecule has 2 aliphatic carbocycles. The van der Waals surface area contributed by atoms with Gasteiger partial charge in [0.1, 0.15) is 0 Å². The summed E-state index contributed by atoms with van der Waals surface area (Å²) < 4.78 is 0. The normalized spacial score (nSPS) is 38.9. The van der Waals surface area contributed by atoms with Crippen LogP contribution in [0.2, 0.25) is 0 Å². The van der Waals surface area contributed by atoms with Gasteiger partial charge in [0.2, 0.25) is 0 Å². The minimum atomic E-state index is -0.528. The molecule has 0 aromatic carbocycles. The summed E-state index contributed by atoms with van der Waals surface area (Å²) in [6, 6.07) is 0. The Morgan fingerprint density at radius 1 is 1.19 bits per heavy atom. The highest BCUT2D eigenvalue weighted by Crippen LogP contribution is 2.56. The van der Waals surface area contributed by atoms with Gasteiger partial charge in [-0.05, 0) is 69.1 Å². The van der Waals surface area contributed by atoms with Crippen LogP contribution in [-0.2, 0) is 0 Å². The van der Waals surface area contributed by atoms with Crippen LogP contribution in [0.3, 0.4) is 0 Å². The van der Waals surface area contributed by atoms with E-state index in [0.29, 0.717) is 17.3 Å². The lowest BCUT2D eigenvalue weighted by Crippen LogP contribution is -2.49. The van der Waals surface area contributed by atoms with Crippen molar-refractivity contribution in [1.82, 2.24) is 0 Å². The van der Waals surface area contributed by atoms with Crippen molar-refractivity contribution in [2.75, 3.05) is 0 Å². The van der Waals surface area contributed by atoms with Crippen molar-refractivity contribution in [2.45, 2.75) is 97.2 Å². The standard InChI is InChI=1S/C19H36O2/c1-14(8-6-12-18(2,3)21)15-9-5-10-16-17(20)11-7-13-19(15,16)4/h14-17,20-21H,5-13H2,1-4H3/t14-,15+,16+,17-,19+/m0/s1. The Morgan fingerprint density at radius 3 is 2.57 bits per heavy atom. The van der Waals surface area contributed by atoms with Gasteiger partial charge in [0, 0.05) is 0 Å². The van der Waals surface area contributed by atoms with Crippen molar-refractivity contribution in [2.24, 2.45) is 23.2 Å². The summed E-state index contributed by atoms with van der Waals surface area (Å²) in [4.78, 5) is 0. The van der Waals surface area contributed by atoms with E-state index in [1.807, 2.05) is 13.8 Å². The fraction of sp³-hybridized carbons (Fsp3) is 1.00. The number of aliphatic hydroxyl groups excluding tert-OH is 1. The van der Waals surface area contributed by atoms with Gasteiger partial charge in [0.25, 0.3) is 0 Å². The van der Waals surface area contributed by atoms with Crippen molar-refractivity contribution in [1.29, 1.82) is 0 Å². The molecule has 0 aliphatic heterocycles. The topological polar surface area (TPSA) is 40.5 Å². The van der Waals surface area contributed by atoms with Crippen LogP contribution in [0.15, 0.2) is 0 Å². The van der Waals surface area contributed by atoms with E-state index in [9.17, 15) is 10.2 Å². The fourth-order valence-corrected chi connectivity index (χ4v) is 5.38. The van der Waals surface area contributed by atoms with E-state index >= 15 is 0 Å². The Balaban J connectivity index is 1.97. The monoisotopic (exact) mass is 296 g/mol. The molecule has 2 heteroatoms. The second-order valence-electron chi connectivity index (χ2n) is 8.79. The summed E-state index contributed by atoms with van der Waals surface area (Å²) in [6.07, 6.45) is 10.5. The first-order chi connectivity index (χ1) is 9.74. The summed E-state index contributed by atoms with van der Waals surface area (Å²) in [7, 11) is 0. The van der Waals surface area contributed by atoms with Gasteiger partial charge < -0.3 is 10.2 Å². The highest BCUT2D eigenvalue weighted by molar-refractivity contribution is 4.99. The maximum atomic E-state index is 10.4. The Bertz CT molecular complexity index is 333. The quantitative estimate of drug-likeness (QED) is 0.782. The second-order valence-corrected chi connectivity index (χ2v) is 8.79. The van der Waals surface area contributed by atoms with Gasteiger partial charge in [-0.25, -0.2) is 0 Å². The molecule has 2 rings (SSSR count). The largest absolute Gasteiger partial charge is 0.393 e. The lowest BCUT2D eigenvalue weighted by Gasteiger charge is -2.54. The summed E-state index contributed by atoms with van der Waals surface area (Å²) in [5.41, 5.74) is -0.177. The molecule has 0 saturated heterocycles. The van der Waals surface area contributed by atoms with Crippen LogP contribution in [0.5, 0.6) is 0 Å². The summed E-state index contributed by atoms with van der Waals surface area (Å²) in [5, 5.41) is 20.3. The lowest BCUT2D eigenvalue weighted by molar-refractivity contribution is -0.0930. The SMILES string of the molecule is C[C@@H](CCCC(C)(C)O)[C@H]1CCC[C@@H]2[C@@H](O)CCC[C@]12C. The van der Waals surface area contributed by atoms with Gasteiger partial charge in [-0.2, -0.15) is 0 Å². The molecule has 2 fully saturated rings. The molecule has 21 heavy (non-hydrogen) atoms. The van der Waals surface area contributed by atoms with Gasteiger partial charge in [0.05, 0.1) is 11.7 Å². The molecule has 0 aromatic rings. The zero-order valence-corrected chi connectivity index (χ0v) is 14.6. The van der Waals surface area contributed by atoms with Crippen LogP contribution in [0.1, 0.15) is 85.5 Å². The first kappa shape index (κ1) is 17.3. The van der Waals surface area contributed by atoms with Gasteiger partial charge in [-0.15, -0.1) is 0 Å². The van der Waals surface area contributed by atoms with Crippen LogP contribution < -0.4 is 0 Å². The Labute approximate surface area is 131 Å². The molecule has 124 valence electrons. The average Bonchev–Trinajstić information content (AvgIpc) is 2.36. The fourth-order valence-electron chi connectivity index (χ4n) is 5.38. The molecule has 2 nitrogen and oxygen atoms in total. The number of rotatable bonds is 5. The van der Waals surface area contributed by atoms with E-state index < -0.39 is 5.60 Å². The van der Waals surface area contributed by atoms with Crippen molar-refractivity contribution < 1.29 is 10.2 Å². The predicted octanol–water partition coefficient (Wildman–Crippen LogP) is 4.53. The maximum Gasteiger partial charge on any atom is 0.0591 e. The van der Waals surface area contributed by atoms with Crippen LogP contribution in [-0.4, -0.2) is 21.9 Å². The second kappa shape index (κ2) is 6.58. The van der Waals surface area contributed by atoms with E-state index in [1.54, 1.807) is 0 Å². The highest BCUT2D eigenvalue weighted by atomic mass is 16.3. The van der Waals surface area contributed by atoms with Crippen LogP contribution in [0.4, 0.5) is 0 Å². The summed E-state index contributed by atoms with van der Waals surface area (Å²) in [5.74, 6) is 2.00. The van der Waals surface area contributed by atoms with E-state index in [2.05, 4.69) is 13.8 Å². The van der Waals surface area contributed by atoms with E-state index in [4.69, 9.17) is 0 Å². The molecule has 2 saturated carbocycles. The van der Waals surface area contributed by atoms with Crippen molar-refractivity contribution in [3.8, 4) is 0 Å². The molecule has 2 N–H and O–H groups in total. The van der Waals surface area contributed by atoms with Gasteiger partial charge >= 0.3 is 0 Å². The van der Waals surface area contributed by atoms with Crippen molar-refractivity contribution in [3.05, 3.63) is 0 Å². The van der Waals surface area contributed by atoms with Crippen molar-refractivity contribution in [3.63, 3.8) is 0 Å². The first-order valence-corrected chi connectivity index (χ1v) is 9.14. The van der Waals surface area contributed by atoms with Crippen LogP contribution in [0, 0.1) is 23.2 Å². The van der Waals surface area contributed by atoms with Crippen LogP contribution in [0.25, 0.3) is 0 Å². The van der Waals surface area contributed by atoms with E-state index in [1.165, 1.54) is 38.5 Å². The Kier molecular flexibility index (Phi) is 5.41. The molecule has 0 aromatic heterocycles. The highest BCUT2D eigenvalue weighted by Gasteiger charge is 2.49.